The number of nitrogens with zero attached hydrogens (tertiary/aromatic N) is 2. The molecular formula is C20H25F3N2O3. The van der Waals surface area contributed by atoms with E-state index in [-0.39, 0.29) is 30.9 Å². The van der Waals surface area contributed by atoms with E-state index in [9.17, 15) is 22.8 Å². The van der Waals surface area contributed by atoms with E-state index in [1.165, 1.54) is 0 Å². The van der Waals surface area contributed by atoms with Crippen molar-refractivity contribution in [3.8, 4) is 0 Å². The van der Waals surface area contributed by atoms with Crippen LogP contribution >= 0.6 is 0 Å². The summed E-state index contributed by atoms with van der Waals surface area (Å²) in [4.78, 5) is 26.7. The van der Waals surface area contributed by atoms with Crippen molar-refractivity contribution >= 4 is 11.8 Å². The zero-order valence-corrected chi connectivity index (χ0v) is 15.8. The highest BCUT2D eigenvalue weighted by Crippen LogP contribution is 2.34. The predicted octanol–water partition coefficient (Wildman–Crippen LogP) is 3.17. The van der Waals surface area contributed by atoms with Gasteiger partial charge in [-0.15, -0.1) is 0 Å². The van der Waals surface area contributed by atoms with E-state index >= 15 is 0 Å². The van der Waals surface area contributed by atoms with Crippen molar-refractivity contribution in [1.29, 1.82) is 0 Å². The van der Waals surface area contributed by atoms with Crippen molar-refractivity contribution in [2.24, 2.45) is 5.92 Å². The van der Waals surface area contributed by atoms with Gasteiger partial charge >= 0.3 is 12.1 Å². The summed E-state index contributed by atoms with van der Waals surface area (Å²) in [6.07, 6.45) is -2.91. The number of hydrogen-bond donors (Lipinski definition) is 0. The predicted molar refractivity (Wildman–Crippen MR) is 96.3 cm³/mol. The zero-order chi connectivity index (χ0) is 20.3. The Morgan fingerprint density at radius 2 is 1.71 bits per heavy atom. The Hall–Kier alpha value is -2.09. The van der Waals surface area contributed by atoms with E-state index < -0.39 is 18.1 Å². The van der Waals surface area contributed by atoms with Crippen LogP contribution in [0.4, 0.5) is 13.2 Å². The van der Waals surface area contributed by atoms with E-state index in [0.717, 1.165) is 5.56 Å². The summed E-state index contributed by atoms with van der Waals surface area (Å²) in [7, 11) is 1.66. The van der Waals surface area contributed by atoms with Crippen LogP contribution in [0.5, 0.6) is 0 Å². The summed E-state index contributed by atoms with van der Waals surface area (Å²) < 4.78 is 44.0. The van der Waals surface area contributed by atoms with Gasteiger partial charge in [-0.2, -0.15) is 13.2 Å². The monoisotopic (exact) mass is 398 g/mol. The lowest BCUT2D eigenvalue weighted by molar-refractivity contribution is -0.187. The maximum atomic E-state index is 12.8. The Bertz CT molecular complexity index is 688. The molecule has 2 amide bonds. The number of ether oxygens (including phenoxy) is 1. The smallest absolute Gasteiger partial charge is 0.376 e. The molecule has 1 aromatic carbocycles. The van der Waals surface area contributed by atoms with Gasteiger partial charge in [-0.3, -0.25) is 9.59 Å². The molecule has 3 rings (SSSR count). The van der Waals surface area contributed by atoms with Crippen molar-refractivity contribution < 1.29 is 27.5 Å². The molecule has 0 spiro atoms. The molecule has 2 aliphatic rings. The molecule has 5 nitrogen and oxygen atoms in total. The number of methoxy groups -OCH3 is 1. The van der Waals surface area contributed by atoms with E-state index in [2.05, 4.69) is 0 Å². The van der Waals surface area contributed by atoms with Gasteiger partial charge in [-0.1, -0.05) is 30.3 Å². The van der Waals surface area contributed by atoms with Crippen molar-refractivity contribution in [1.82, 2.24) is 9.80 Å². The van der Waals surface area contributed by atoms with Crippen molar-refractivity contribution in [3.05, 3.63) is 35.9 Å². The van der Waals surface area contributed by atoms with Crippen LogP contribution in [0.2, 0.25) is 0 Å². The number of halogens is 3. The Morgan fingerprint density at radius 3 is 2.29 bits per heavy atom. The maximum Gasteiger partial charge on any atom is 0.471 e. The minimum absolute atomic E-state index is 0.0228. The number of amides is 2. The molecule has 2 fully saturated rings. The summed E-state index contributed by atoms with van der Waals surface area (Å²) in [6.45, 7) is 0.895. The van der Waals surface area contributed by atoms with Crippen LogP contribution in [0.1, 0.15) is 37.4 Å². The van der Waals surface area contributed by atoms with Gasteiger partial charge in [0.15, 0.2) is 0 Å². The first-order chi connectivity index (χ1) is 13.3. The SMILES string of the molecule is COC(c1ccccc1)C1CCN(C(=O)C2CCCN2C(=O)C(F)(F)F)CC1. The zero-order valence-electron chi connectivity index (χ0n) is 15.8. The Kier molecular flexibility index (Phi) is 6.27. The van der Waals surface area contributed by atoms with E-state index in [1.54, 1.807) is 12.0 Å². The second kappa shape index (κ2) is 8.51. The molecule has 0 radical (unpaired) electrons. The van der Waals surface area contributed by atoms with Gasteiger partial charge in [-0.25, -0.2) is 0 Å². The number of hydrogen-bond acceptors (Lipinski definition) is 3. The average molecular weight is 398 g/mol. The molecule has 0 saturated carbocycles. The lowest BCUT2D eigenvalue weighted by atomic mass is 9.87. The number of carbonyl (C=O) groups excluding carboxylic acids is 2. The molecule has 2 saturated heterocycles. The molecule has 2 aliphatic heterocycles. The van der Waals surface area contributed by atoms with E-state index in [0.29, 0.717) is 37.3 Å². The van der Waals surface area contributed by atoms with Gasteiger partial charge in [0.1, 0.15) is 6.04 Å². The minimum atomic E-state index is -4.95. The third kappa shape index (κ3) is 4.32. The molecule has 0 bridgehead atoms. The first-order valence-electron chi connectivity index (χ1n) is 9.57. The summed E-state index contributed by atoms with van der Waals surface area (Å²) in [5, 5.41) is 0. The van der Waals surface area contributed by atoms with Crippen LogP contribution in [0.25, 0.3) is 0 Å². The topological polar surface area (TPSA) is 49.9 Å². The molecule has 154 valence electrons. The van der Waals surface area contributed by atoms with E-state index in [4.69, 9.17) is 4.74 Å². The normalized spacial score (nSPS) is 22.4. The molecule has 8 heteroatoms. The summed E-state index contributed by atoms with van der Waals surface area (Å²) >= 11 is 0. The first-order valence-corrected chi connectivity index (χ1v) is 9.57. The van der Waals surface area contributed by atoms with Crippen LogP contribution in [0.3, 0.4) is 0 Å². The minimum Gasteiger partial charge on any atom is -0.376 e. The highest BCUT2D eigenvalue weighted by Gasteiger charge is 2.48. The van der Waals surface area contributed by atoms with Gasteiger partial charge < -0.3 is 14.5 Å². The van der Waals surface area contributed by atoms with Crippen LogP contribution in [-0.2, 0) is 14.3 Å². The van der Waals surface area contributed by atoms with Crippen molar-refractivity contribution in [2.45, 2.75) is 44.0 Å². The molecular weight excluding hydrogens is 373 g/mol. The van der Waals surface area contributed by atoms with Gasteiger partial charge in [0.2, 0.25) is 5.91 Å². The average Bonchev–Trinajstić information content (AvgIpc) is 3.17. The number of carbonyl (C=O) groups is 2. The number of benzene rings is 1. The quantitative estimate of drug-likeness (QED) is 0.783. The van der Waals surface area contributed by atoms with Gasteiger partial charge in [0.05, 0.1) is 6.10 Å². The largest absolute Gasteiger partial charge is 0.471 e. The fourth-order valence-electron chi connectivity index (χ4n) is 4.31. The van der Waals surface area contributed by atoms with Crippen LogP contribution < -0.4 is 0 Å². The Morgan fingerprint density at radius 1 is 1.07 bits per heavy atom. The standard InChI is InChI=1S/C20H25F3N2O3/c1-28-17(14-6-3-2-4-7-14)15-9-12-24(13-10-15)18(26)16-8-5-11-25(16)19(27)20(21,22)23/h2-4,6-7,15-17H,5,8-13H2,1H3. The Labute approximate surface area is 162 Å². The van der Waals surface area contributed by atoms with Crippen molar-refractivity contribution in [2.75, 3.05) is 26.7 Å². The summed E-state index contributed by atoms with van der Waals surface area (Å²) in [6, 6.07) is 8.85. The second-order valence-electron chi connectivity index (χ2n) is 7.38. The highest BCUT2D eigenvalue weighted by molar-refractivity contribution is 5.90. The summed E-state index contributed by atoms with van der Waals surface area (Å²) in [5.41, 5.74) is 1.08. The van der Waals surface area contributed by atoms with Crippen LogP contribution in [0.15, 0.2) is 30.3 Å². The van der Waals surface area contributed by atoms with Gasteiger partial charge in [0.25, 0.3) is 0 Å². The fraction of sp³-hybridized carbons (Fsp3) is 0.600. The fourth-order valence-corrected chi connectivity index (χ4v) is 4.31. The van der Waals surface area contributed by atoms with Crippen LogP contribution in [0, 0.1) is 5.92 Å². The van der Waals surface area contributed by atoms with Crippen molar-refractivity contribution in [3.63, 3.8) is 0 Å². The number of likely N-dealkylation sites (tertiary alicyclic amines) is 2. The first kappa shape index (κ1) is 20.6. The summed E-state index contributed by atoms with van der Waals surface area (Å²) in [5.74, 6) is -2.06. The van der Waals surface area contributed by atoms with Gasteiger partial charge in [0, 0.05) is 26.7 Å². The molecule has 1 aromatic rings. The number of piperidine rings is 1. The maximum absolute atomic E-state index is 12.8. The molecule has 2 atom stereocenters. The lowest BCUT2D eigenvalue weighted by Crippen LogP contribution is -2.52. The van der Waals surface area contributed by atoms with Crippen LogP contribution in [-0.4, -0.2) is 60.6 Å². The Balaban J connectivity index is 1.61. The molecule has 0 N–H and O–H groups in total. The molecule has 28 heavy (non-hydrogen) atoms. The highest BCUT2D eigenvalue weighted by atomic mass is 19.4. The molecule has 0 aliphatic carbocycles. The number of alkyl halides is 3. The molecule has 0 aromatic heterocycles. The van der Waals surface area contributed by atoms with E-state index in [1.807, 2.05) is 30.3 Å². The second-order valence-corrected chi connectivity index (χ2v) is 7.38. The van der Waals surface area contributed by atoms with Gasteiger partial charge in [-0.05, 0) is 37.2 Å². The molecule has 2 unspecified atom stereocenters. The lowest BCUT2D eigenvalue weighted by Gasteiger charge is -2.38. The number of rotatable bonds is 4. The molecule has 2 heterocycles. The third-order valence-corrected chi connectivity index (χ3v) is 5.70. The third-order valence-electron chi connectivity index (χ3n) is 5.70.